The summed E-state index contributed by atoms with van der Waals surface area (Å²) in [4.78, 5) is 0. The Hall–Kier alpha value is 0.310. The first-order valence-corrected chi connectivity index (χ1v) is 1.38. The van der Waals surface area contributed by atoms with Crippen molar-refractivity contribution >= 4 is 24.0 Å². The van der Waals surface area contributed by atoms with Crippen molar-refractivity contribution in [3.63, 3.8) is 0 Å². The molecular weight excluding hydrogens is 265 g/mol. The molecule has 0 aromatic rings. The summed E-state index contributed by atoms with van der Waals surface area (Å²) in [5, 5.41) is 0. The molecule has 0 aromatic carbocycles. The molecule has 0 aliphatic rings. The summed E-state index contributed by atoms with van der Waals surface area (Å²) in [5.74, 6) is 0. The molecule has 58 valence electrons. The van der Waals surface area contributed by atoms with E-state index < -0.39 is 12.4 Å². The topological polar surface area (TPSA) is 0 Å². The predicted molar refractivity (Wildman–Crippen MR) is 27.5 cm³/mol. The molecule has 0 atom stereocenters. The highest BCUT2D eigenvalue weighted by Crippen LogP contribution is 2.35. The van der Waals surface area contributed by atoms with Crippen LogP contribution in [0.4, 0.5) is 26.3 Å². The van der Waals surface area contributed by atoms with Gasteiger partial charge in [0.15, 0.2) is 0 Å². The van der Waals surface area contributed by atoms with Crippen molar-refractivity contribution in [2.75, 3.05) is 0 Å². The first kappa shape index (κ1) is 12.0. The summed E-state index contributed by atoms with van der Waals surface area (Å²) in [7, 11) is 0. The SMILES string of the molecule is FC(F)(F)C(F)(F)F.I. The Morgan fingerprint density at radius 1 is 0.556 bits per heavy atom. The molecular formula is C2HF6I. The molecule has 0 saturated carbocycles. The molecule has 9 heavy (non-hydrogen) atoms. The molecule has 0 bridgehead atoms. The molecule has 0 nitrogen and oxygen atoms in total. The zero-order valence-electron chi connectivity index (χ0n) is 3.68. The summed E-state index contributed by atoms with van der Waals surface area (Å²) in [6.07, 6.45) is -12.1. The van der Waals surface area contributed by atoms with Crippen molar-refractivity contribution < 1.29 is 26.3 Å². The van der Waals surface area contributed by atoms with Gasteiger partial charge in [-0.05, 0) is 0 Å². The average Bonchev–Trinajstić information content (AvgIpc) is 1.25. The quantitative estimate of drug-likeness (QED) is 0.467. The monoisotopic (exact) mass is 266 g/mol. The Bertz CT molecular complexity index is 66.0. The van der Waals surface area contributed by atoms with E-state index in [1.165, 1.54) is 0 Å². The van der Waals surface area contributed by atoms with E-state index in [0.717, 1.165) is 0 Å². The number of halogens is 7. The average molecular weight is 266 g/mol. The Morgan fingerprint density at radius 2 is 0.667 bits per heavy atom. The second kappa shape index (κ2) is 2.93. The maximum Gasteiger partial charge on any atom is 0.487 e. The van der Waals surface area contributed by atoms with Crippen LogP contribution in [-0.4, -0.2) is 12.4 Å². The first-order valence-electron chi connectivity index (χ1n) is 1.38. The van der Waals surface area contributed by atoms with E-state index in [-0.39, 0.29) is 24.0 Å². The second-order valence-corrected chi connectivity index (χ2v) is 0.996. The van der Waals surface area contributed by atoms with Crippen LogP contribution in [0.3, 0.4) is 0 Å². The van der Waals surface area contributed by atoms with Gasteiger partial charge in [0, 0.05) is 0 Å². The van der Waals surface area contributed by atoms with Gasteiger partial charge >= 0.3 is 12.4 Å². The largest absolute Gasteiger partial charge is 0.487 e. The zero-order chi connectivity index (χ0) is 7.00. The van der Waals surface area contributed by atoms with Gasteiger partial charge in [-0.2, -0.15) is 26.3 Å². The highest BCUT2D eigenvalue weighted by molar-refractivity contribution is 14.0. The van der Waals surface area contributed by atoms with E-state index in [1.807, 2.05) is 0 Å². The van der Waals surface area contributed by atoms with Crippen molar-refractivity contribution in [3.05, 3.63) is 0 Å². The minimum Gasteiger partial charge on any atom is -0.162 e. The molecule has 0 aliphatic heterocycles. The van der Waals surface area contributed by atoms with Crippen molar-refractivity contribution in [1.29, 1.82) is 0 Å². The Kier molecular flexibility index (Phi) is 3.92. The van der Waals surface area contributed by atoms with Crippen LogP contribution in [-0.2, 0) is 0 Å². The standard InChI is InChI=1S/C2F6.HI/c3-1(4,5)2(6,7)8;/h;1H. The molecule has 0 aromatic heterocycles. The van der Waals surface area contributed by atoms with Crippen LogP contribution in [0.1, 0.15) is 0 Å². The second-order valence-electron chi connectivity index (χ2n) is 0.996. The third-order valence-electron chi connectivity index (χ3n) is 0.321. The fourth-order valence-corrected chi connectivity index (χ4v) is 0. The summed E-state index contributed by atoms with van der Waals surface area (Å²) in [6.45, 7) is 0. The molecule has 0 spiro atoms. The van der Waals surface area contributed by atoms with Gasteiger partial charge in [0.25, 0.3) is 0 Å². The fraction of sp³-hybridized carbons (Fsp3) is 1.00. The highest BCUT2D eigenvalue weighted by Gasteiger charge is 2.58. The van der Waals surface area contributed by atoms with E-state index in [9.17, 15) is 26.3 Å². The fourth-order valence-electron chi connectivity index (χ4n) is 0. The van der Waals surface area contributed by atoms with Crippen LogP contribution in [0.15, 0.2) is 0 Å². The van der Waals surface area contributed by atoms with Crippen LogP contribution < -0.4 is 0 Å². The molecule has 0 saturated heterocycles. The van der Waals surface area contributed by atoms with Crippen LogP contribution in [0, 0.1) is 0 Å². The predicted octanol–water partition coefficient (Wildman–Crippen LogP) is 2.73. The van der Waals surface area contributed by atoms with Crippen LogP contribution in [0.2, 0.25) is 0 Å². The molecule has 0 N–H and O–H groups in total. The number of alkyl halides is 6. The molecule has 0 unspecified atom stereocenters. The summed E-state index contributed by atoms with van der Waals surface area (Å²) >= 11 is 0. The van der Waals surface area contributed by atoms with E-state index in [0.29, 0.717) is 0 Å². The summed E-state index contributed by atoms with van der Waals surface area (Å²) in [5.41, 5.74) is 0. The maximum absolute atomic E-state index is 10.4. The number of hydrogen-bond acceptors (Lipinski definition) is 0. The van der Waals surface area contributed by atoms with E-state index >= 15 is 0 Å². The van der Waals surface area contributed by atoms with Gasteiger partial charge in [-0.3, -0.25) is 0 Å². The molecule has 0 amide bonds. The lowest BCUT2D eigenvalue weighted by atomic mass is 10.7. The van der Waals surface area contributed by atoms with Gasteiger partial charge in [-0.1, -0.05) is 0 Å². The van der Waals surface area contributed by atoms with E-state index in [4.69, 9.17) is 0 Å². The van der Waals surface area contributed by atoms with Gasteiger partial charge in [-0.25, -0.2) is 0 Å². The summed E-state index contributed by atoms with van der Waals surface area (Å²) < 4.78 is 62.6. The molecule has 0 aliphatic carbocycles. The minimum absolute atomic E-state index is 0. The lowest BCUT2D eigenvalue weighted by Crippen LogP contribution is -2.30. The van der Waals surface area contributed by atoms with Gasteiger partial charge in [-0.15, -0.1) is 24.0 Å². The van der Waals surface area contributed by atoms with Gasteiger partial charge < -0.3 is 0 Å². The molecule has 0 radical (unpaired) electrons. The van der Waals surface area contributed by atoms with E-state index in [1.54, 1.807) is 0 Å². The highest BCUT2D eigenvalue weighted by atomic mass is 127. The Morgan fingerprint density at radius 3 is 0.667 bits per heavy atom. The van der Waals surface area contributed by atoms with Crippen molar-refractivity contribution in [3.8, 4) is 0 Å². The van der Waals surface area contributed by atoms with Crippen molar-refractivity contribution in [2.24, 2.45) is 0 Å². The first-order chi connectivity index (χ1) is 3.25. The van der Waals surface area contributed by atoms with Crippen LogP contribution in [0.5, 0.6) is 0 Å². The molecule has 0 rings (SSSR count). The Labute approximate surface area is 63.2 Å². The van der Waals surface area contributed by atoms with Crippen molar-refractivity contribution in [1.82, 2.24) is 0 Å². The smallest absolute Gasteiger partial charge is 0.162 e. The molecule has 0 heterocycles. The maximum atomic E-state index is 10.4. The van der Waals surface area contributed by atoms with E-state index in [2.05, 4.69) is 0 Å². The zero-order valence-corrected chi connectivity index (χ0v) is 6.01. The lowest BCUT2D eigenvalue weighted by Gasteiger charge is -2.08. The van der Waals surface area contributed by atoms with Gasteiger partial charge in [0.05, 0.1) is 0 Å². The van der Waals surface area contributed by atoms with Crippen LogP contribution >= 0.6 is 24.0 Å². The third kappa shape index (κ3) is 3.82. The normalized spacial score (nSPS) is 12.7. The number of rotatable bonds is 0. The van der Waals surface area contributed by atoms with Gasteiger partial charge in [0.1, 0.15) is 0 Å². The minimum atomic E-state index is -6.06. The van der Waals surface area contributed by atoms with Gasteiger partial charge in [0.2, 0.25) is 0 Å². The number of hydrogen-bond donors (Lipinski definition) is 0. The third-order valence-corrected chi connectivity index (χ3v) is 0.321. The lowest BCUT2D eigenvalue weighted by molar-refractivity contribution is -0.339. The molecule has 7 heteroatoms. The Balaban J connectivity index is 0. The van der Waals surface area contributed by atoms with Crippen molar-refractivity contribution in [2.45, 2.75) is 12.4 Å². The van der Waals surface area contributed by atoms with Crippen LogP contribution in [0.25, 0.3) is 0 Å². The molecule has 0 fully saturated rings. The summed E-state index contributed by atoms with van der Waals surface area (Å²) in [6, 6.07) is 0.